The summed E-state index contributed by atoms with van der Waals surface area (Å²) in [5.74, 6) is 0.973. The average Bonchev–Trinajstić information content (AvgIpc) is 2.97. The molecule has 0 aliphatic rings. The summed E-state index contributed by atoms with van der Waals surface area (Å²) in [6.07, 6.45) is 4.01. The van der Waals surface area contributed by atoms with E-state index in [0.29, 0.717) is 5.75 Å². The molecule has 4 aromatic rings. The zero-order valence-electron chi connectivity index (χ0n) is 15.7. The normalized spacial score (nSPS) is 11.1. The predicted octanol–water partition coefficient (Wildman–Crippen LogP) is 4.73. The van der Waals surface area contributed by atoms with Crippen molar-refractivity contribution < 1.29 is 14.3 Å². The maximum absolute atomic E-state index is 11.2. The molecule has 0 radical (unpaired) electrons. The zero-order valence-corrected chi connectivity index (χ0v) is 15.7. The van der Waals surface area contributed by atoms with Gasteiger partial charge in [-0.05, 0) is 49.2 Å². The molecule has 0 spiro atoms. The Bertz CT molecular complexity index is 1190. The van der Waals surface area contributed by atoms with Gasteiger partial charge in [0, 0.05) is 35.8 Å². The van der Waals surface area contributed by atoms with Crippen LogP contribution in [0.25, 0.3) is 27.5 Å². The van der Waals surface area contributed by atoms with Gasteiger partial charge in [0.1, 0.15) is 17.0 Å². The summed E-state index contributed by atoms with van der Waals surface area (Å²) >= 11 is 0. The van der Waals surface area contributed by atoms with Crippen LogP contribution in [0.5, 0.6) is 11.5 Å². The molecule has 27 heavy (non-hydrogen) atoms. The van der Waals surface area contributed by atoms with Crippen molar-refractivity contribution >= 4 is 27.8 Å². The van der Waals surface area contributed by atoms with Crippen LogP contribution >= 0.6 is 0 Å². The molecule has 2 aromatic carbocycles. The van der Waals surface area contributed by atoms with Gasteiger partial charge < -0.3 is 14.0 Å². The molecule has 5 heteroatoms. The molecule has 0 aliphatic heterocycles. The van der Waals surface area contributed by atoms with Crippen molar-refractivity contribution in [2.24, 2.45) is 0 Å². The lowest BCUT2D eigenvalue weighted by Crippen LogP contribution is -2.03. The van der Waals surface area contributed by atoms with Gasteiger partial charge >= 0.3 is 5.97 Å². The zero-order chi connectivity index (χ0) is 19.1. The van der Waals surface area contributed by atoms with Crippen LogP contribution in [0.1, 0.15) is 18.1 Å². The van der Waals surface area contributed by atoms with Gasteiger partial charge in [-0.25, -0.2) is 0 Å². The molecule has 2 heterocycles. The first-order chi connectivity index (χ1) is 13.0. The van der Waals surface area contributed by atoms with E-state index >= 15 is 0 Å². The lowest BCUT2D eigenvalue weighted by Gasteiger charge is -2.13. The minimum Gasteiger partial charge on any atom is -0.494 e. The van der Waals surface area contributed by atoms with Gasteiger partial charge in [0.15, 0.2) is 0 Å². The largest absolute Gasteiger partial charge is 0.494 e. The van der Waals surface area contributed by atoms with Crippen LogP contribution in [0, 0.1) is 13.8 Å². The van der Waals surface area contributed by atoms with Gasteiger partial charge in [0.2, 0.25) is 0 Å². The standard InChI is InChI=1S/C22H20N2O3/c1-13-10-16(27-15(3)25)8-9-19(13)24-12-14(2)18-11-23-21-17(22(18)24)6-5-7-20(21)26-4/h5-12H,1-4H3. The van der Waals surface area contributed by atoms with Gasteiger partial charge in [-0.1, -0.05) is 12.1 Å². The van der Waals surface area contributed by atoms with Gasteiger partial charge in [-0.15, -0.1) is 0 Å². The summed E-state index contributed by atoms with van der Waals surface area (Å²) < 4.78 is 12.9. The van der Waals surface area contributed by atoms with E-state index < -0.39 is 0 Å². The Hall–Kier alpha value is -3.34. The molecule has 0 aliphatic carbocycles. The third-order valence-corrected chi connectivity index (χ3v) is 4.73. The molecule has 0 unspecified atom stereocenters. The van der Waals surface area contributed by atoms with Crippen molar-refractivity contribution in [3.8, 4) is 17.2 Å². The molecule has 0 saturated carbocycles. The maximum Gasteiger partial charge on any atom is 0.308 e. The number of nitrogens with zero attached hydrogens (tertiary/aromatic N) is 2. The van der Waals surface area contributed by atoms with E-state index in [0.717, 1.165) is 44.4 Å². The Balaban J connectivity index is 2.00. The fourth-order valence-electron chi connectivity index (χ4n) is 3.54. The monoisotopic (exact) mass is 360 g/mol. The third kappa shape index (κ3) is 2.81. The van der Waals surface area contributed by atoms with Crippen LogP contribution in [0.15, 0.2) is 48.8 Å². The van der Waals surface area contributed by atoms with Crippen molar-refractivity contribution in [2.45, 2.75) is 20.8 Å². The first-order valence-corrected chi connectivity index (χ1v) is 8.72. The number of rotatable bonds is 3. The maximum atomic E-state index is 11.2. The lowest BCUT2D eigenvalue weighted by atomic mass is 10.1. The van der Waals surface area contributed by atoms with Crippen LogP contribution in [0.2, 0.25) is 0 Å². The Morgan fingerprint density at radius 2 is 1.89 bits per heavy atom. The molecular weight excluding hydrogens is 340 g/mol. The van der Waals surface area contributed by atoms with Gasteiger partial charge in [-0.3, -0.25) is 9.78 Å². The number of aryl methyl sites for hydroxylation is 2. The van der Waals surface area contributed by atoms with Crippen molar-refractivity contribution in [3.05, 3.63) is 59.9 Å². The summed E-state index contributed by atoms with van der Waals surface area (Å²) in [4.78, 5) is 15.8. The summed E-state index contributed by atoms with van der Waals surface area (Å²) in [6.45, 7) is 5.49. The quantitative estimate of drug-likeness (QED) is 0.391. The van der Waals surface area contributed by atoms with E-state index in [9.17, 15) is 4.79 Å². The SMILES string of the molecule is COc1cccc2c1ncc1c(C)cn(-c3ccc(OC(C)=O)cc3C)c12. The number of para-hydroxylation sites is 1. The molecule has 0 N–H and O–H groups in total. The molecule has 4 rings (SSSR count). The smallest absolute Gasteiger partial charge is 0.308 e. The number of benzene rings is 2. The number of methoxy groups -OCH3 is 1. The molecule has 0 atom stereocenters. The van der Waals surface area contributed by atoms with E-state index in [-0.39, 0.29) is 5.97 Å². The highest BCUT2D eigenvalue weighted by molar-refractivity contribution is 6.07. The first-order valence-electron chi connectivity index (χ1n) is 8.72. The Labute approximate surface area is 157 Å². The predicted molar refractivity (Wildman–Crippen MR) is 106 cm³/mol. The second-order valence-electron chi connectivity index (χ2n) is 6.60. The van der Waals surface area contributed by atoms with Crippen LogP contribution in [-0.2, 0) is 4.79 Å². The van der Waals surface area contributed by atoms with Gasteiger partial charge in [0.25, 0.3) is 0 Å². The first kappa shape index (κ1) is 17.1. The van der Waals surface area contributed by atoms with Gasteiger partial charge in [-0.2, -0.15) is 0 Å². The number of carbonyl (C=O) groups is 1. The molecule has 0 fully saturated rings. The molecule has 136 valence electrons. The van der Waals surface area contributed by atoms with Crippen molar-refractivity contribution in [3.63, 3.8) is 0 Å². The number of ether oxygens (including phenoxy) is 2. The molecule has 5 nitrogen and oxygen atoms in total. The van der Waals surface area contributed by atoms with Crippen molar-refractivity contribution in [1.29, 1.82) is 0 Å². The highest BCUT2D eigenvalue weighted by Gasteiger charge is 2.15. The number of pyridine rings is 1. The van der Waals surface area contributed by atoms with Crippen molar-refractivity contribution in [2.75, 3.05) is 7.11 Å². The Morgan fingerprint density at radius 1 is 1.07 bits per heavy atom. The Kier molecular flexibility index (Phi) is 4.07. The van der Waals surface area contributed by atoms with E-state index in [1.165, 1.54) is 6.92 Å². The average molecular weight is 360 g/mol. The third-order valence-electron chi connectivity index (χ3n) is 4.73. The molecule has 2 aromatic heterocycles. The van der Waals surface area contributed by atoms with E-state index in [2.05, 4.69) is 28.7 Å². The molecule has 0 bridgehead atoms. The number of fused-ring (bicyclic) bond motifs is 3. The summed E-state index contributed by atoms with van der Waals surface area (Å²) in [7, 11) is 1.66. The fraction of sp³-hybridized carbons (Fsp3) is 0.182. The highest BCUT2D eigenvalue weighted by atomic mass is 16.5. The van der Waals surface area contributed by atoms with Crippen LogP contribution in [0.4, 0.5) is 0 Å². The topological polar surface area (TPSA) is 53.4 Å². The molecule has 0 amide bonds. The minimum atomic E-state index is -0.325. The number of carbonyl (C=O) groups excluding carboxylic acids is 1. The second kappa shape index (κ2) is 6.43. The lowest BCUT2D eigenvalue weighted by molar-refractivity contribution is -0.131. The number of hydrogen-bond donors (Lipinski definition) is 0. The summed E-state index contributed by atoms with van der Waals surface area (Å²) in [5.41, 5.74) is 5.10. The van der Waals surface area contributed by atoms with E-state index in [1.54, 1.807) is 7.11 Å². The second-order valence-corrected chi connectivity index (χ2v) is 6.60. The minimum absolute atomic E-state index is 0.325. The van der Waals surface area contributed by atoms with Crippen molar-refractivity contribution in [1.82, 2.24) is 9.55 Å². The molecular formula is C22H20N2O3. The van der Waals surface area contributed by atoms with E-state index in [1.807, 2.05) is 43.5 Å². The Morgan fingerprint density at radius 3 is 2.59 bits per heavy atom. The molecule has 0 saturated heterocycles. The van der Waals surface area contributed by atoms with Crippen LogP contribution in [-0.4, -0.2) is 22.6 Å². The van der Waals surface area contributed by atoms with E-state index in [4.69, 9.17) is 9.47 Å². The number of hydrogen-bond acceptors (Lipinski definition) is 4. The van der Waals surface area contributed by atoms with Crippen LogP contribution < -0.4 is 9.47 Å². The summed E-state index contributed by atoms with van der Waals surface area (Å²) in [6, 6.07) is 11.6. The summed E-state index contributed by atoms with van der Waals surface area (Å²) in [5, 5.41) is 2.13. The highest BCUT2D eigenvalue weighted by Crippen LogP contribution is 2.34. The van der Waals surface area contributed by atoms with Crippen LogP contribution in [0.3, 0.4) is 0 Å². The number of aromatic nitrogens is 2. The fourth-order valence-corrected chi connectivity index (χ4v) is 3.54. The van der Waals surface area contributed by atoms with Gasteiger partial charge in [0.05, 0.1) is 12.6 Å². The number of esters is 1.